The first-order valence-corrected chi connectivity index (χ1v) is 7.89. The van der Waals surface area contributed by atoms with Crippen molar-refractivity contribution in [1.82, 2.24) is 5.32 Å². The summed E-state index contributed by atoms with van der Waals surface area (Å²) in [5.41, 5.74) is 2.08. The molecular formula is C18H27N. The number of benzene rings is 1. The number of nitrogens with one attached hydrogen (secondary N) is 1. The molecule has 0 spiro atoms. The third-order valence-corrected chi connectivity index (χ3v) is 5.27. The van der Waals surface area contributed by atoms with E-state index in [0.717, 1.165) is 17.8 Å². The summed E-state index contributed by atoms with van der Waals surface area (Å²) in [7, 11) is 0. The molecule has 2 saturated carbocycles. The van der Waals surface area contributed by atoms with Crippen LogP contribution in [0.3, 0.4) is 0 Å². The molecule has 0 aromatic heterocycles. The van der Waals surface area contributed by atoms with E-state index in [9.17, 15) is 0 Å². The lowest BCUT2D eigenvalue weighted by atomic mass is 9.78. The molecular weight excluding hydrogens is 230 g/mol. The normalized spacial score (nSPS) is 29.3. The zero-order valence-corrected chi connectivity index (χ0v) is 12.5. The second-order valence-electron chi connectivity index (χ2n) is 7.18. The van der Waals surface area contributed by atoms with Crippen molar-refractivity contribution in [3.05, 3.63) is 35.9 Å². The highest BCUT2D eigenvalue weighted by Gasteiger charge is 2.56. The van der Waals surface area contributed by atoms with E-state index in [1.807, 2.05) is 0 Å². The van der Waals surface area contributed by atoms with Crippen LogP contribution in [0.4, 0.5) is 0 Å². The largest absolute Gasteiger partial charge is 0.314 e. The van der Waals surface area contributed by atoms with Crippen molar-refractivity contribution in [2.75, 3.05) is 6.54 Å². The maximum Gasteiger partial charge on any atom is 0.00131 e. The summed E-state index contributed by atoms with van der Waals surface area (Å²) in [6, 6.07) is 11.7. The van der Waals surface area contributed by atoms with Gasteiger partial charge >= 0.3 is 0 Å². The molecule has 1 heteroatoms. The molecule has 0 bridgehead atoms. The van der Waals surface area contributed by atoms with Crippen LogP contribution in [0.25, 0.3) is 0 Å². The Hall–Kier alpha value is -0.820. The molecule has 0 radical (unpaired) electrons. The summed E-state index contributed by atoms with van der Waals surface area (Å²) in [5, 5.41) is 3.70. The number of hydrogen-bond acceptors (Lipinski definition) is 1. The third-order valence-electron chi connectivity index (χ3n) is 5.27. The van der Waals surface area contributed by atoms with Gasteiger partial charge in [-0.25, -0.2) is 0 Å². The molecule has 2 aliphatic carbocycles. The van der Waals surface area contributed by atoms with Crippen LogP contribution in [-0.2, 0) is 0 Å². The molecule has 0 heterocycles. The molecule has 3 unspecified atom stereocenters. The van der Waals surface area contributed by atoms with E-state index in [1.54, 1.807) is 5.56 Å². The lowest BCUT2D eigenvalue weighted by molar-refractivity contribution is 0.205. The van der Waals surface area contributed by atoms with Gasteiger partial charge in [0.25, 0.3) is 0 Å². The van der Waals surface area contributed by atoms with Gasteiger partial charge in [-0.2, -0.15) is 0 Å². The minimum atomic E-state index is 0.519. The van der Waals surface area contributed by atoms with E-state index in [4.69, 9.17) is 0 Å². The van der Waals surface area contributed by atoms with Gasteiger partial charge < -0.3 is 5.32 Å². The first-order chi connectivity index (χ1) is 9.11. The summed E-state index contributed by atoms with van der Waals surface area (Å²) in [4.78, 5) is 0. The van der Waals surface area contributed by atoms with Crippen LogP contribution in [0.2, 0.25) is 0 Å². The fraction of sp³-hybridized carbons (Fsp3) is 0.667. The molecule has 3 rings (SSSR count). The highest BCUT2D eigenvalue weighted by Crippen LogP contribution is 2.63. The SMILES string of the molecule is CC(C)NCC(C)(C1CC1)C1CC1c1ccccc1. The molecule has 0 saturated heterocycles. The summed E-state index contributed by atoms with van der Waals surface area (Å²) in [6.45, 7) is 8.25. The van der Waals surface area contributed by atoms with E-state index in [-0.39, 0.29) is 0 Å². The molecule has 0 aliphatic heterocycles. The van der Waals surface area contributed by atoms with Crippen molar-refractivity contribution >= 4 is 0 Å². The first kappa shape index (κ1) is 13.2. The van der Waals surface area contributed by atoms with Crippen LogP contribution in [0.5, 0.6) is 0 Å². The predicted octanol–water partition coefficient (Wildman–Crippen LogP) is 4.20. The van der Waals surface area contributed by atoms with Crippen LogP contribution in [0, 0.1) is 17.3 Å². The molecule has 1 N–H and O–H groups in total. The molecule has 1 aromatic rings. The topological polar surface area (TPSA) is 12.0 Å². The highest BCUT2D eigenvalue weighted by molar-refractivity contribution is 5.28. The van der Waals surface area contributed by atoms with E-state index >= 15 is 0 Å². The number of hydrogen-bond donors (Lipinski definition) is 1. The monoisotopic (exact) mass is 257 g/mol. The van der Waals surface area contributed by atoms with Crippen LogP contribution < -0.4 is 5.32 Å². The van der Waals surface area contributed by atoms with E-state index in [1.165, 1.54) is 25.8 Å². The van der Waals surface area contributed by atoms with Crippen LogP contribution in [0.15, 0.2) is 30.3 Å². The van der Waals surface area contributed by atoms with Crippen molar-refractivity contribution in [3.8, 4) is 0 Å². The van der Waals surface area contributed by atoms with Gasteiger partial charge in [0.15, 0.2) is 0 Å². The Labute approximate surface area is 117 Å². The van der Waals surface area contributed by atoms with Gasteiger partial charge in [0.2, 0.25) is 0 Å². The van der Waals surface area contributed by atoms with Crippen LogP contribution in [-0.4, -0.2) is 12.6 Å². The molecule has 104 valence electrons. The average Bonchev–Trinajstić information content (AvgIpc) is 3.29. The Morgan fingerprint density at radius 2 is 1.89 bits per heavy atom. The molecule has 19 heavy (non-hydrogen) atoms. The first-order valence-electron chi connectivity index (χ1n) is 7.89. The van der Waals surface area contributed by atoms with Gasteiger partial charge in [0, 0.05) is 12.6 Å². The second kappa shape index (κ2) is 4.94. The quantitative estimate of drug-likeness (QED) is 0.805. The third kappa shape index (κ3) is 2.72. The molecule has 3 atom stereocenters. The fourth-order valence-electron chi connectivity index (χ4n) is 3.74. The van der Waals surface area contributed by atoms with Crippen LogP contribution >= 0.6 is 0 Å². The van der Waals surface area contributed by atoms with E-state index in [2.05, 4.69) is 56.4 Å². The number of rotatable bonds is 6. The van der Waals surface area contributed by atoms with Crippen molar-refractivity contribution in [2.45, 2.75) is 52.0 Å². The molecule has 2 fully saturated rings. The van der Waals surface area contributed by atoms with Crippen molar-refractivity contribution < 1.29 is 0 Å². The zero-order chi connectivity index (χ0) is 13.5. The Morgan fingerprint density at radius 1 is 1.21 bits per heavy atom. The van der Waals surface area contributed by atoms with Gasteiger partial charge in [0.1, 0.15) is 0 Å². The molecule has 1 nitrogen and oxygen atoms in total. The van der Waals surface area contributed by atoms with Gasteiger partial charge in [-0.1, -0.05) is 51.1 Å². The molecule has 0 amide bonds. The molecule has 2 aliphatic rings. The summed E-state index contributed by atoms with van der Waals surface area (Å²) in [6.07, 6.45) is 4.30. The fourth-order valence-corrected chi connectivity index (χ4v) is 3.74. The van der Waals surface area contributed by atoms with E-state index in [0.29, 0.717) is 11.5 Å². The summed E-state index contributed by atoms with van der Waals surface area (Å²) in [5.74, 6) is 2.69. The average molecular weight is 257 g/mol. The predicted molar refractivity (Wildman–Crippen MR) is 81.3 cm³/mol. The zero-order valence-electron chi connectivity index (χ0n) is 12.5. The van der Waals surface area contributed by atoms with Gasteiger partial charge in [-0.15, -0.1) is 0 Å². The van der Waals surface area contributed by atoms with Crippen LogP contribution in [0.1, 0.15) is 51.5 Å². The second-order valence-corrected chi connectivity index (χ2v) is 7.18. The molecule has 1 aromatic carbocycles. The smallest absolute Gasteiger partial charge is 0.00131 e. The highest BCUT2D eigenvalue weighted by atomic mass is 14.9. The Balaban J connectivity index is 1.69. The standard InChI is InChI=1S/C18H27N/c1-13(2)19-12-18(3,15-9-10-15)17-11-16(17)14-7-5-4-6-8-14/h4-8,13,15-17,19H,9-12H2,1-3H3. The Bertz CT molecular complexity index is 421. The minimum Gasteiger partial charge on any atom is -0.314 e. The van der Waals surface area contributed by atoms with E-state index < -0.39 is 0 Å². The van der Waals surface area contributed by atoms with Gasteiger partial charge in [0.05, 0.1) is 0 Å². The van der Waals surface area contributed by atoms with Gasteiger partial charge in [-0.3, -0.25) is 0 Å². The van der Waals surface area contributed by atoms with Gasteiger partial charge in [-0.05, 0) is 48.0 Å². The summed E-state index contributed by atoms with van der Waals surface area (Å²) >= 11 is 0. The lowest BCUT2D eigenvalue weighted by Gasteiger charge is -2.32. The van der Waals surface area contributed by atoms with Crippen molar-refractivity contribution in [2.24, 2.45) is 17.3 Å². The summed E-state index contributed by atoms with van der Waals surface area (Å²) < 4.78 is 0. The Morgan fingerprint density at radius 3 is 2.47 bits per heavy atom. The lowest BCUT2D eigenvalue weighted by Crippen LogP contribution is -2.39. The maximum atomic E-state index is 3.70. The van der Waals surface area contributed by atoms with Crippen molar-refractivity contribution in [1.29, 1.82) is 0 Å². The maximum absolute atomic E-state index is 3.70. The minimum absolute atomic E-state index is 0.519. The van der Waals surface area contributed by atoms with Crippen molar-refractivity contribution in [3.63, 3.8) is 0 Å². The Kier molecular flexibility index (Phi) is 3.42.